The van der Waals surface area contributed by atoms with Gasteiger partial charge in [0.1, 0.15) is 5.75 Å². The highest BCUT2D eigenvalue weighted by Crippen LogP contribution is 2.18. The van der Waals surface area contributed by atoms with Crippen LogP contribution in [0.15, 0.2) is 24.3 Å². The summed E-state index contributed by atoms with van der Waals surface area (Å²) < 4.78 is 5.48. The Morgan fingerprint density at radius 2 is 1.65 bits per heavy atom. The summed E-state index contributed by atoms with van der Waals surface area (Å²) in [5, 5.41) is 3.66. The summed E-state index contributed by atoms with van der Waals surface area (Å²) >= 11 is 0. The van der Waals surface area contributed by atoms with E-state index < -0.39 is 0 Å². The van der Waals surface area contributed by atoms with E-state index in [1.807, 2.05) is 19.1 Å². The molecule has 0 aliphatic rings. The number of ether oxygens (including phenoxy) is 1. The fourth-order valence-corrected chi connectivity index (χ4v) is 2.46. The molecule has 114 valence electrons. The fraction of sp³-hybridized carbons (Fsp3) is 0.647. The second-order valence-corrected chi connectivity index (χ2v) is 5.28. The molecule has 1 rings (SSSR count). The zero-order valence-electron chi connectivity index (χ0n) is 13.6. The molecule has 2 unspecified atom stereocenters. The van der Waals surface area contributed by atoms with Crippen molar-refractivity contribution in [2.75, 3.05) is 26.2 Å². The van der Waals surface area contributed by atoms with E-state index >= 15 is 0 Å². The zero-order chi connectivity index (χ0) is 15.0. The molecule has 0 spiro atoms. The van der Waals surface area contributed by atoms with Gasteiger partial charge < -0.3 is 15.0 Å². The van der Waals surface area contributed by atoms with Crippen LogP contribution in [0.5, 0.6) is 5.75 Å². The molecule has 0 saturated carbocycles. The molecule has 1 aromatic rings. The SMILES string of the molecule is CCOc1ccc(C(C)NC(C)CN(CC)CC)cc1. The minimum Gasteiger partial charge on any atom is -0.494 e. The molecular formula is C17H30N2O. The van der Waals surface area contributed by atoms with E-state index in [1.54, 1.807) is 0 Å². The minimum atomic E-state index is 0.358. The minimum absolute atomic E-state index is 0.358. The standard InChI is InChI=1S/C17H30N2O/c1-6-19(7-2)13-14(4)18-15(5)16-9-11-17(12-10-16)20-8-3/h9-12,14-15,18H,6-8,13H2,1-5H3. The van der Waals surface area contributed by atoms with Crippen molar-refractivity contribution in [3.63, 3.8) is 0 Å². The Hall–Kier alpha value is -1.06. The van der Waals surface area contributed by atoms with Gasteiger partial charge in [-0.25, -0.2) is 0 Å². The average molecular weight is 278 g/mol. The number of hydrogen-bond acceptors (Lipinski definition) is 3. The maximum absolute atomic E-state index is 5.48. The molecule has 0 radical (unpaired) electrons. The molecule has 0 aromatic heterocycles. The van der Waals surface area contributed by atoms with Crippen molar-refractivity contribution in [3.05, 3.63) is 29.8 Å². The van der Waals surface area contributed by atoms with Gasteiger partial charge in [-0.05, 0) is 51.6 Å². The van der Waals surface area contributed by atoms with Crippen molar-refractivity contribution in [3.8, 4) is 5.75 Å². The predicted molar refractivity (Wildman–Crippen MR) is 86.4 cm³/mol. The molecule has 20 heavy (non-hydrogen) atoms. The van der Waals surface area contributed by atoms with Crippen LogP contribution in [0.1, 0.15) is 46.2 Å². The summed E-state index contributed by atoms with van der Waals surface area (Å²) in [6.07, 6.45) is 0. The predicted octanol–water partition coefficient (Wildman–Crippen LogP) is 3.47. The van der Waals surface area contributed by atoms with Gasteiger partial charge in [-0.2, -0.15) is 0 Å². The van der Waals surface area contributed by atoms with Crippen molar-refractivity contribution in [2.45, 2.75) is 46.7 Å². The van der Waals surface area contributed by atoms with E-state index in [2.05, 4.69) is 50.0 Å². The van der Waals surface area contributed by atoms with E-state index in [-0.39, 0.29) is 0 Å². The van der Waals surface area contributed by atoms with Gasteiger partial charge in [0, 0.05) is 18.6 Å². The van der Waals surface area contributed by atoms with Gasteiger partial charge in [0.05, 0.1) is 6.61 Å². The number of likely N-dealkylation sites (N-methyl/N-ethyl adjacent to an activating group) is 1. The van der Waals surface area contributed by atoms with Crippen LogP contribution in [0.3, 0.4) is 0 Å². The Balaban J connectivity index is 2.50. The molecule has 0 saturated heterocycles. The highest BCUT2D eigenvalue weighted by atomic mass is 16.5. The fourth-order valence-electron chi connectivity index (χ4n) is 2.46. The molecule has 3 heteroatoms. The summed E-state index contributed by atoms with van der Waals surface area (Å²) in [6.45, 7) is 14.9. The molecule has 0 bridgehead atoms. The molecule has 1 N–H and O–H groups in total. The number of nitrogens with one attached hydrogen (secondary N) is 1. The normalized spacial score (nSPS) is 14.3. The topological polar surface area (TPSA) is 24.5 Å². The summed E-state index contributed by atoms with van der Waals surface area (Å²) in [7, 11) is 0. The Kier molecular flexibility index (Phi) is 7.63. The van der Waals surface area contributed by atoms with E-state index in [9.17, 15) is 0 Å². The molecule has 0 aliphatic heterocycles. The summed E-state index contributed by atoms with van der Waals surface area (Å²) in [5.74, 6) is 0.944. The molecule has 0 aliphatic carbocycles. The van der Waals surface area contributed by atoms with Crippen LogP contribution in [-0.2, 0) is 0 Å². The Bertz CT molecular complexity index is 360. The highest BCUT2D eigenvalue weighted by Gasteiger charge is 2.11. The third kappa shape index (κ3) is 5.51. The second kappa shape index (κ2) is 8.98. The largest absolute Gasteiger partial charge is 0.494 e. The van der Waals surface area contributed by atoms with Gasteiger partial charge in [0.15, 0.2) is 0 Å². The third-order valence-electron chi connectivity index (χ3n) is 3.65. The number of hydrogen-bond donors (Lipinski definition) is 1. The van der Waals surface area contributed by atoms with Crippen LogP contribution in [0.25, 0.3) is 0 Å². The first-order valence-electron chi connectivity index (χ1n) is 7.81. The van der Waals surface area contributed by atoms with Crippen molar-refractivity contribution in [1.29, 1.82) is 0 Å². The lowest BCUT2D eigenvalue weighted by Crippen LogP contribution is -2.40. The van der Waals surface area contributed by atoms with Gasteiger partial charge in [-0.1, -0.05) is 26.0 Å². The Labute approximate surface area is 124 Å². The molecular weight excluding hydrogens is 248 g/mol. The number of benzene rings is 1. The van der Waals surface area contributed by atoms with Crippen molar-refractivity contribution >= 4 is 0 Å². The van der Waals surface area contributed by atoms with Gasteiger partial charge in [0.2, 0.25) is 0 Å². The van der Waals surface area contributed by atoms with Crippen molar-refractivity contribution in [2.24, 2.45) is 0 Å². The van der Waals surface area contributed by atoms with Crippen LogP contribution >= 0.6 is 0 Å². The van der Waals surface area contributed by atoms with Gasteiger partial charge in [0.25, 0.3) is 0 Å². The lowest BCUT2D eigenvalue weighted by atomic mass is 10.1. The summed E-state index contributed by atoms with van der Waals surface area (Å²) in [4.78, 5) is 2.45. The molecule has 2 atom stereocenters. The molecule has 1 aromatic carbocycles. The maximum Gasteiger partial charge on any atom is 0.119 e. The second-order valence-electron chi connectivity index (χ2n) is 5.28. The van der Waals surface area contributed by atoms with Crippen LogP contribution in [0.2, 0.25) is 0 Å². The summed E-state index contributed by atoms with van der Waals surface area (Å²) in [5.41, 5.74) is 1.31. The lowest BCUT2D eigenvalue weighted by molar-refractivity contribution is 0.264. The maximum atomic E-state index is 5.48. The van der Waals surface area contributed by atoms with Gasteiger partial charge >= 0.3 is 0 Å². The van der Waals surface area contributed by atoms with E-state index in [1.165, 1.54) is 5.56 Å². The van der Waals surface area contributed by atoms with Crippen LogP contribution in [-0.4, -0.2) is 37.2 Å². The van der Waals surface area contributed by atoms with E-state index in [4.69, 9.17) is 4.74 Å². The molecule has 0 heterocycles. The quantitative estimate of drug-likeness (QED) is 0.748. The Morgan fingerprint density at radius 3 is 2.15 bits per heavy atom. The van der Waals surface area contributed by atoms with Gasteiger partial charge in [-0.15, -0.1) is 0 Å². The van der Waals surface area contributed by atoms with Crippen LogP contribution < -0.4 is 10.1 Å². The van der Waals surface area contributed by atoms with Crippen molar-refractivity contribution < 1.29 is 4.74 Å². The van der Waals surface area contributed by atoms with E-state index in [0.717, 1.165) is 25.4 Å². The molecule has 3 nitrogen and oxygen atoms in total. The first kappa shape index (κ1) is 17.0. The Morgan fingerprint density at radius 1 is 1.05 bits per heavy atom. The van der Waals surface area contributed by atoms with Crippen molar-refractivity contribution in [1.82, 2.24) is 10.2 Å². The number of rotatable bonds is 9. The lowest BCUT2D eigenvalue weighted by Gasteiger charge is -2.26. The first-order valence-corrected chi connectivity index (χ1v) is 7.81. The highest BCUT2D eigenvalue weighted by molar-refractivity contribution is 5.28. The average Bonchev–Trinajstić information content (AvgIpc) is 2.45. The molecule has 0 fully saturated rings. The monoisotopic (exact) mass is 278 g/mol. The number of nitrogens with zero attached hydrogens (tertiary/aromatic N) is 1. The van der Waals surface area contributed by atoms with Crippen LogP contribution in [0, 0.1) is 0 Å². The van der Waals surface area contributed by atoms with Gasteiger partial charge in [-0.3, -0.25) is 0 Å². The third-order valence-corrected chi connectivity index (χ3v) is 3.65. The van der Waals surface area contributed by atoms with Crippen LogP contribution in [0.4, 0.5) is 0 Å². The first-order chi connectivity index (χ1) is 9.60. The smallest absolute Gasteiger partial charge is 0.119 e. The van der Waals surface area contributed by atoms with E-state index in [0.29, 0.717) is 18.7 Å². The summed E-state index contributed by atoms with van der Waals surface area (Å²) in [6, 6.07) is 9.23. The zero-order valence-corrected chi connectivity index (χ0v) is 13.6. The molecule has 0 amide bonds.